The molecule has 108 valence electrons. The fourth-order valence-electron chi connectivity index (χ4n) is 2.64. The number of fused-ring (bicyclic) bond motifs is 1. The largest absolute Gasteiger partial charge is 0.378 e. The van der Waals surface area contributed by atoms with Crippen LogP contribution in [0, 0.1) is 0 Å². The maximum atomic E-state index is 11.8. The number of anilines is 1. The highest BCUT2D eigenvalue weighted by Gasteiger charge is 2.23. The Kier molecular flexibility index (Phi) is 3.82. The van der Waals surface area contributed by atoms with Crippen molar-refractivity contribution in [3.63, 3.8) is 0 Å². The topological polar surface area (TPSA) is 58.6 Å². The molecule has 0 bridgehead atoms. The molecule has 2 aliphatic heterocycles. The van der Waals surface area contributed by atoms with Crippen LogP contribution in [-0.4, -0.2) is 53.6 Å². The van der Waals surface area contributed by atoms with E-state index in [1.165, 1.54) is 5.56 Å². The van der Waals surface area contributed by atoms with Gasteiger partial charge in [0.1, 0.15) is 0 Å². The highest BCUT2D eigenvalue weighted by molar-refractivity contribution is 5.76. The molecular formula is C14H20N4O2. The predicted molar refractivity (Wildman–Crippen MR) is 74.5 cm³/mol. The van der Waals surface area contributed by atoms with Gasteiger partial charge in [-0.25, -0.2) is 9.97 Å². The number of ether oxygens (including phenoxy) is 1. The second-order valence-electron chi connectivity index (χ2n) is 5.16. The molecule has 0 saturated carbocycles. The molecule has 0 atom stereocenters. The van der Waals surface area contributed by atoms with Crippen molar-refractivity contribution in [2.24, 2.45) is 0 Å². The van der Waals surface area contributed by atoms with Gasteiger partial charge in [-0.3, -0.25) is 4.79 Å². The summed E-state index contributed by atoms with van der Waals surface area (Å²) in [5.74, 6) is 0.958. The van der Waals surface area contributed by atoms with Gasteiger partial charge in [-0.05, 0) is 12.0 Å². The van der Waals surface area contributed by atoms with E-state index in [9.17, 15) is 4.79 Å². The first kappa shape index (κ1) is 13.3. The van der Waals surface area contributed by atoms with Crippen LogP contribution in [0.15, 0.2) is 6.20 Å². The van der Waals surface area contributed by atoms with Crippen LogP contribution in [-0.2, 0) is 22.5 Å². The number of carbonyl (C=O) groups excluding carboxylic acids is 1. The smallest absolute Gasteiger partial charge is 0.225 e. The number of morpholine rings is 1. The Balaban J connectivity index is 1.79. The van der Waals surface area contributed by atoms with Crippen molar-refractivity contribution in [3.05, 3.63) is 17.5 Å². The summed E-state index contributed by atoms with van der Waals surface area (Å²) in [6.07, 6.45) is 3.32. The fraction of sp³-hybridized carbons (Fsp3) is 0.643. The van der Waals surface area contributed by atoms with Crippen LogP contribution >= 0.6 is 0 Å². The fourth-order valence-corrected chi connectivity index (χ4v) is 2.64. The number of rotatable bonds is 2. The average molecular weight is 276 g/mol. The van der Waals surface area contributed by atoms with E-state index in [1.807, 2.05) is 18.0 Å². The summed E-state index contributed by atoms with van der Waals surface area (Å²) in [4.78, 5) is 25.0. The molecule has 0 radical (unpaired) electrons. The molecule has 0 spiro atoms. The number of nitrogens with zero attached hydrogens (tertiary/aromatic N) is 4. The molecule has 6 heteroatoms. The van der Waals surface area contributed by atoms with Crippen molar-refractivity contribution in [2.45, 2.75) is 26.3 Å². The van der Waals surface area contributed by atoms with Gasteiger partial charge in [0.05, 0.1) is 25.5 Å². The van der Waals surface area contributed by atoms with Crippen molar-refractivity contribution < 1.29 is 9.53 Å². The summed E-state index contributed by atoms with van der Waals surface area (Å²) in [6.45, 7) is 6.40. The zero-order chi connectivity index (χ0) is 13.9. The minimum Gasteiger partial charge on any atom is -0.378 e. The van der Waals surface area contributed by atoms with Gasteiger partial charge in [-0.2, -0.15) is 0 Å². The third-order valence-corrected chi connectivity index (χ3v) is 3.88. The van der Waals surface area contributed by atoms with E-state index < -0.39 is 0 Å². The zero-order valence-electron chi connectivity index (χ0n) is 11.8. The summed E-state index contributed by atoms with van der Waals surface area (Å²) >= 11 is 0. The first-order valence-corrected chi connectivity index (χ1v) is 7.23. The van der Waals surface area contributed by atoms with Gasteiger partial charge in [-0.15, -0.1) is 0 Å². The van der Waals surface area contributed by atoms with Crippen LogP contribution in [0.3, 0.4) is 0 Å². The lowest BCUT2D eigenvalue weighted by atomic mass is 10.1. The standard InChI is InChI=1S/C14H20N4O2/c1-2-13(19)18-4-3-11-9-15-14(16-12(11)10-18)17-5-7-20-8-6-17/h9H,2-8,10H2,1H3. The highest BCUT2D eigenvalue weighted by Crippen LogP contribution is 2.20. The molecule has 6 nitrogen and oxygen atoms in total. The van der Waals surface area contributed by atoms with Gasteiger partial charge < -0.3 is 14.5 Å². The minimum absolute atomic E-state index is 0.196. The lowest BCUT2D eigenvalue weighted by molar-refractivity contribution is -0.131. The highest BCUT2D eigenvalue weighted by atomic mass is 16.5. The first-order valence-electron chi connectivity index (χ1n) is 7.23. The third kappa shape index (κ3) is 2.60. The molecule has 0 unspecified atom stereocenters. The molecule has 1 amide bonds. The summed E-state index contributed by atoms with van der Waals surface area (Å²) in [5, 5.41) is 0. The molecule has 1 aromatic heterocycles. The van der Waals surface area contributed by atoms with E-state index in [4.69, 9.17) is 4.74 Å². The molecule has 3 heterocycles. The van der Waals surface area contributed by atoms with E-state index in [-0.39, 0.29) is 5.91 Å². The Bertz CT molecular complexity index is 500. The van der Waals surface area contributed by atoms with E-state index >= 15 is 0 Å². The lowest BCUT2D eigenvalue weighted by Gasteiger charge is -2.30. The Labute approximate surface area is 118 Å². The normalized spacial score (nSPS) is 18.9. The molecule has 1 fully saturated rings. The quantitative estimate of drug-likeness (QED) is 0.792. The van der Waals surface area contributed by atoms with Crippen LogP contribution in [0.1, 0.15) is 24.6 Å². The van der Waals surface area contributed by atoms with Gasteiger partial charge in [0.25, 0.3) is 0 Å². The molecule has 3 rings (SSSR count). The number of aromatic nitrogens is 2. The van der Waals surface area contributed by atoms with Gasteiger partial charge in [0.15, 0.2) is 0 Å². The van der Waals surface area contributed by atoms with E-state index in [1.54, 1.807) is 0 Å². The number of carbonyl (C=O) groups is 1. The SMILES string of the molecule is CCC(=O)N1CCc2cnc(N3CCOCC3)nc2C1. The monoisotopic (exact) mass is 276 g/mol. The second-order valence-corrected chi connectivity index (χ2v) is 5.16. The van der Waals surface area contributed by atoms with Crippen molar-refractivity contribution in [1.82, 2.24) is 14.9 Å². The van der Waals surface area contributed by atoms with Crippen LogP contribution in [0.5, 0.6) is 0 Å². The first-order chi connectivity index (χ1) is 9.78. The summed E-state index contributed by atoms with van der Waals surface area (Å²) < 4.78 is 5.35. The van der Waals surface area contributed by atoms with Crippen molar-refractivity contribution in [2.75, 3.05) is 37.7 Å². The Morgan fingerprint density at radius 3 is 2.90 bits per heavy atom. The van der Waals surface area contributed by atoms with Crippen LogP contribution in [0.25, 0.3) is 0 Å². The van der Waals surface area contributed by atoms with Gasteiger partial charge in [-0.1, -0.05) is 6.92 Å². The van der Waals surface area contributed by atoms with Gasteiger partial charge in [0.2, 0.25) is 11.9 Å². The molecule has 2 aliphatic rings. The maximum absolute atomic E-state index is 11.8. The Morgan fingerprint density at radius 1 is 1.35 bits per heavy atom. The number of hydrogen-bond donors (Lipinski definition) is 0. The second kappa shape index (κ2) is 5.75. The van der Waals surface area contributed by atoms with Crippen LogP contribution in [0.4, 0.5) is 5.95 Å². The molecule has 0 N–H and O–H groups in total. The number of hydrogen-bond acceptors (Lipinski definition) is 5. The summed E-state index contributed by atoms with van der Waals surface area (Å²) in [5.41, 5.74) is 2.16. The lowest BCUT2D eigenvalue weighted by Crippen LogP contribution is -2.39. The molecule has 20 heavy (non-hydrogen) atoms. The average Bonchev–Trinajstić information content (AvgIpc) is 2.54. The van der Waals surface area contributed by atoms with Crippen LogP contribution in [0.2, 0.25) is 0 Å². The van der Waals surface area contributed by atoms with E-state index in [0.717, 1.165) is 50.9 Å². The molecule has 0 aliphatic carbocycles. The molecule has 0 aromatic carbocycles. The Hall–Kier alpha value is -1.69. The molecule has 1 aromatic rings. The zero-order valence-corrected chi connectivity index (χ0v) is 11.8. The van der Waals surface area contributed by atoms with Gasteiger partial charge >= 0.3 is 0 Å². The molecular weight excluding hydrogens is 256 g/mol. The van der Waals surface area contributed by atoms with Crippen molar-refractivity contribution >= 4 is 11.9 Å². The van der Waals surface area contributed by atoms with Crippen molar-refractivity contribution in [3.8, 4) is 0 Å². The molecule has 1 saturated heterocycles. The number of amides is 1. The van der Waals surface area contributed by atoms with Gasteiger partial charge in [0, 0.05) is 32.3 Å². The van der Waals surface area contributed by atoms with E-state index in [2.05, 4.69) is 14.9 Å². The summed E-state index contributed by atoms with van der Waals surface area (Å²) in [7, 11) is 0. The Morgan fingerprint density at radius 2 is 2.15 bits per heavy atom. The predicted octanol–water partition coefficient (Wildman–Crippen LogP) is 0.608. The summed E-state index contributed by atoms with van der Waals surface area (Å²) in [6, 6.07) is 0. The van der Waals surface area contributed by atoms with E-state index in [0.29, 0.717) is 13.0 Å². The maximum Gasteiger partial charge on any atom is 0.225 e. The third-order valence-electron chi connectivity index (χ3n) is 3.88. The van der Waals surface area contributed by atoms with Crippen molar-refractivity contribution in [1.29, 1.82) is 0 Å². The minimum atomic E-state index is 0.196. The van der Waals surface area contributed by atoms with Crippen LogP contribution < -0.4 is 4.90 Å².